The van der Waals surface area contributed by atoms with E-state index in [0.717, 1.165) is 18.4 Å². The van der Waals surface area contributed by atoms with Gasteiger partial charge in [0.1, 0.15) is 5.82 Å². The van der Waals surface area contributed by atoms with Gasteiger partial charge in [-0.05, 0) is 36.0 Å². The lowest BCUT2D eigenvalue weighted by Gasteiger charge is -2.26. The maximum absolute atomic E-state index is 12.9. The number of rotatable bonds is 3. The zero-order chi connectivity index (χ0) is 11.5. The molecular weight excluding hydrogens is 189 g/mol. The van der Waals surface area contributed by atoms with Crippen LogP contribution in [0.1, 0.15) is 32.8 Å². The Balaban J connectivity index is 2.51. The summed E-state index contributed by atoms with van der Waals surface area (Å²) in [5, 5.41) is 0. The molecule has 1 atom stereocenters. The van der Waals surface area contributed by atoms with E-state index in [9.17, 15) is 4.39 Å². The van der Waals surface area contributed by atoms with Crippen molar-refractivity contribution in [2.45, 2.75) is 39.7 Å². The lowest BCUT2D eigenvalue weighted by Crippen LogP contribution is -2.35. The fourth-order valence-corrected chi connectivity index (χ4v) is 1.45. The first-order valence-electron chi connectivity index (χ1n) is 5.39. The third-order valence-electron chi connectivity index (χ3n) is 2.75. The van der Waals surface area contributed by atoms with E-state index in [-0.39, 0.29) is 17.3 Å². The second kappa shape index (κ2) is 4.75. The van der Waals surface area contributed by atoms with Gasteiger partial charge < -0.3 is 5.73 Å². The average molecular weight is 209 g/mol. The van der Waals surface area contributed by atoms with Crippen molar-refractivity contribution in [3.63, 3.8) is 0 Å². The Morgan fingerprint density at radius 3 is 2.53 bits per heavy atom. The predicted octanol–water partition coefficient (Wildman–Crippen LogP) is 3.13. The van der Waals surface area contributed by atoms with Crippen LogP contribution in [0.15, 0.2) is 24.3 Å². The highest BCUT2D eigenvalue weighted by atomic mass is 19.1. The number of aryl methyl sites for hydroxylation is 1. The number of hydrogen-bond acceptors (Lipinski definition) is 1. The van der Waals surface area contributed by atoms with Crippen molar-refractivity contribution in [2.24, 2.45) is 11.1 Å². The highest BCUT2D eigenvalue weighted by Gasteiger charge is 2.19. The van der Waals surface area contributed by atoms with Crippen molar-refractivity contribution in [3.05, 3.63) is 35.6 Å². The van der Waals surface area contributed by atoms with E-state index in [1.54, 1.807) is 12.1 Å². The molecule has 1 nitrogen and oxygen atoms in total. The molecule has 0 aliphatic rings. The SMILES string of the molecule is CC(C)(C)C(N)CCc1cccc(F)c1. The lowest BCUT2D eigenvalue weighted by molar-refractivity contribution is 0.306. The third-order valence-corrected chi connectivity index (χ3v) is 2.75. The summed E-state index contributed by atoms with van der Waals surface area (Å²) in [6, 6.07) is 6.88. The second-order valence-electron chi connectivity index (χ2n) is 5.14. The van der Waals surface area contributed by atoms with E-state index in [1.807, 2.05) is 6.07 Å². The molecule has 1 unspecified atom stereocenters. The molecule has 0 amide bonds. The molecular formula is C13H20FN. The minimum absolute atomic E-state index is 0.118. The summed E-state index contributed by atoms with van der Waals surface area (Å²) >= 11 is 0. The molecule has 1 aromatic rings. The van der Waals surface area contributed by atoms with Crippen molar-refractivity contribution >= 4 is 0 Å². The van der Waals surface area contributed by atoms with Crippen LogP contribution in [-0.2, 0) is 6.42 Å². The van der Waals surface area contributed by atoms with Crippen molar-refractivity contribution in [1.29, 1.82) is 0 Å². The maximum atomic E-state index is 12.9. The van der Waals surface area contributed by atoms with Crippen molar-refractivity contribution < 1.29 is 4.39 Å². The first-order valence-corrected chi connectivity index (χ1v) is 5.39. The molecule has 15 heavy (non-hydrogen) atoms. The van der Waals surface area contributed by atoms with Gasteiger partial charge in [-0.3, -0.25) is 0 Å². The monoisotopic (exact) mass is 209 g/mol. The molecule has 0 saturated carbocycles. The van der Waals surface area contributed by atoms with Crippen LogP contribution >= 0.6 is 0 Å². The van der Waals surface area contributed by atoms with Crippen LogP contribution in [0.25, 0.3) is 0 Å². The minimum atomic E-state index is -0.170. The molecule has 0 spiro atoms. The number of benzene rings is 1. The Morgan fingerprint density at radius 2 is 2.00 bits per heavy atom. The molecule has 1 rings (SSSR count). The molecule has 0 bridgehead atoms. The normalized spacial score (nSPS) is 13.9. The maximum Gasteiger partial charge on any atom is 0.123 e. The van der Waals surface area contributed by atoms with Crippen molar-refractivity contribution in [3.8, 4) is 0 Å². The van der Waals surface area contributed by atoms with Crippen LogP contribution in [0.3, 0.4) is 0 Å². The van der Waals surface area contributed by atoms with Gasteiger partial charge in [0.25, 0.3) is 0 Å². The Morgan fingerprint density at radius 1 is 1.33 bits per heavy atom. The van der Waals surface area contributed by atoms with Gasteiger partial charge in [0.2, 0.25) is 0 Å². The average Bonchev–Trinajstić information content (AvgIpc) is 2.12. The molecule has 2 heteroatoms. The number of hydrogen-bond donors (Lipinski definition) is 1. The molecule has 84 valence electrons. The summed E-state index contributed by atoms with van der Waals surface area (Å²) in [4.78, 5) is 0. The van der Waals surface area contributed by atoms with Gasteiger partial charge in [-0.2, -0.15) is 0 Å². The zero-order valence-corrected chi connectivity index (χ0v) is 9.76. The van der Waals surface area contributed by atoms with Gasteiger partial charge in [-0.1, -0.05) is 32.9 Å². The first kappa shape index (κ1) is 12.2. The Bertz CT molecular complexity index is 315. The van der Waals surface area contributed by atoms with Crippen molar-refractivity contribution in [1.82, 2.24) is 0 Å². The first-order chi connectivity index (χ1) is 6.89. The van der Waals surface area contributed by atoms with Gasteiger partial charge in [-0.25, -0.2) is 4.39 Å². The molecule has 0 heterocycles. The standard InChI is InChI=1S/C13H20FN/c1-13(2,3)12(15)8-7-10-5-4-6-11(14)9-10/h4-6,9,12H,7-8,15H2,1-3H3. The molecule has 0 aliphatic carbocycles. The number of nitrogens with two attached hydrogens (primary N) is 1. The largest absolute Gasteiger partial charge is 0.327 e. The Labute approximate surface area is 91.5 Å². The quantitative estimate of drug-likeness (QED) is 0.813. The van der Waals surface area contributed by atoms with E-state index >= 15 is 0 Å². The lowest BCUT2D eigenvalue weighted by atomic mass is 9.84. The smallest absolute Gasteiger partial charge is 0.123 e. The Kier molecular flexibility index (Phi) is 3.86. The zero-order valence-electron chi connectivity index (χ0n) is 9.76. The molecule has 0 saturated heterocycles. The fourth-order valence-electron chi connectivity index (χ4n) is 1.45. The molecule has 0 aliphatic heterocycles. The molecule has 0 fully saturated rings. The van der Waals surface area contributed by atoms with Crippen LogP contribution in [0.2, 0.25) is 0 Å². The van der Waals surface area contributed by atoms with Gasteiger partial charge in [0.15, 0.2) is 0 Å². The van der Waals surface area contributed by atoms with Crippen LogP contribution in [0.5, 0.6) is 0 Å². The summed E-state index contributed by atoms with van der Waals surface area (Å²) in [5.74, 6) is -0.170. The summed E-state index contributed by atoms with van der Waals surface area (Å²) in [6.45, 7) is 6.38. The molecule has 0 aromatic heterocycles. The van der Waals surface area contributed by atoms with Crippen LogP contribution in [-0.4, -0.2) is 6.04 Å². The fraction of sp³-hybridized carbons (Fsp3) is 0.538. The second-order valence-corrected chi connectivity index (χ2v) is 5.14. The van der Waals surface area contributed by atoms with Crippen LogP contribution in [0, 0.1) is 11.2 Å². The van der Waals surface area contributed by atoms with Gasteiger partial charge >= 0.3 is 0 Å². The van der Waals surface area contributed by atoms with E-state index in [2.05, 4.69) is 20.8 Å². The topological polar surface area (TPSA) is 26.0 Å². The van der Waals surface area contributed by atoms with Gasteiger partial charge in [-0.15, -0.1) is 0 Å². The minimum Gasteiger partial charge on any atom is -0.327 e. The van der Waals surface area contributed by atoms with Gasteiger partial charge in [0.05, 0.1) is 0 Å². The van der Waals surface area contributed by atoms with Crippen molar-refractivity contribution in [2.75, 3.05) is 0 Å². The summed E-state index contributed by atoms with van der Waals surface area (Å²) < 4.78 is 12.9. The van der Waals surface area contributed by atoms with Gasteiger partial charge in [0, 0.05) is 6.04 Å². The van der Waals surface area contributed by atoms with Crippen LogP contribution < -0.4 is 5.73 Å². The highest BCUT2D eigenvalue weighted by molar-refractivity contribution is 5.16. The molecule has 1 aromatic carbocycles. The summed E-state index contributed by atoms with van der Waals surface area (Å²) in [7, 11) is 0. The summed E-state index contributed by atoms with van der Waals surface area (Å²) in [5.41, 5.74) is 7.18. The van der Waals surface area contributed by atoms with E-state index < -0.39 is 0 Å². The Hall–Kier alpha value is -0.890. The van der Waals surface area contributed by atoms with E-state index in [1.165, 1.54) is 6.07 Å². The molecule has 2 N–H and O–H groups in total. The van der Waals surface area contributed by atoms with Crippen LogP contribution in [0.4, 0.5) is 4.39 Å². The highest BCUT2D eigenvalue weighted by Crippen LogP contribution is 2.21. The number of halogens is 1. The predicted molar refractivity (Wildman–Crippen MR) is 62.2 cm³/mol. The van der Waals surface area contributed by atoms with E-state index in [0.29, 0.717) is 0 Å². The molecule has 0 radical (unpaired) electrons. The van der Waals surface area contributed by atoms with E-state index in [4.69, 9.17) is 5.73 Å². The summed E-state index contributed by atoms with van der Waals surface area (Å²) in [6.07, 6.45) is 1.74. The third kappa shape index (κ3) is 4.00.